The van der Waals surface area contributed by atoms with E-state index in [0.717, 1.165) is 16.0 Å². The summed E-state index contributed by atoms with van der Waals surface area (Å²) in [7, 11) is 1.56. The van der Waals surface area contributed by atoms with Gasteiger partial charge in [-0.25, -0.2) is 14.6 Å². The number of alkyl carbamates (subject to hydrolysis) is 1. The van der Waals surface area contributed by atoms with Crippen molar-refractivity contribution >= 4 is 52.3 Å². The van der Waals surface area contributed by atoms with Crippen LogP contribution in [0.3, 0.4) is 0 Å². The van der Waals surface area contributed by atoms with Gasteiger partial charge in [0.15, 0.2) is 0 Å². The molecule has 2 aromatic heterocycles. The van der Waals surface area contributed by atoms with Crippen LogP contribution in [0.15, 0.2) is 47.5 Å². The van der Waals surface area contributed by atoms with E-state index >= 15 is 0 Å². The van der Waals surface area contributed by atoms with E-state index < -0.39 is 23.9 Å². The minimum absolute atomic E-state index is 0.0695. The summed E-state index contributed by atoms with van der Waals surface area (Å²) >= 11 is 1.46. The van der Waals surface area contributed by atoms with Crippen LogP contribution in [0.1, 0.15) is 26.3 Å². The quantitative estimate of drug-likeness (QED) is 0.335. The van der Waals surface area contributed by atoms with Crippen molar-refractivity contribution < 1.29 is 28.6 Å². The summed E-state index contributed by atoms with van der Waals surface area (Å²) in [6, 6.07) is 10.6. The normalized spacial score (nSPS) is 17.3. The Kier molecular flexibility index (Phi) is 8.69. The third-order valence-corrected chi connectivity index (χ3v) is 7.66. The molecule has 4 heterocycles. The molecule has 0 aliphatic carbocycles. The maximum absolute atomic E-state index is 12.7. The van der Waals surface area contributed by atoms with Gasteiger partial charge in [-0.05, 0) is 63.1 Å². The SMILES string of the molecule is COc1ccc2nccc(CC(CNCC3CN(c4ccc5c(c4)NC(=O)CS5)C(=O)O3)NC(=O)OC(C)(C)C)c2n1. The lowest BCUT2D eigenvalue weighted by atomic mass is 10.0. The Bertz CT molecular complexity index is 1500. The summed E-state index contributed by atoms with van der Waals surface area (Å²) in [6.45, 7) is 6.51. The first kappa shape index (κ1) is 29.4. The molecule has 2 atom stereocenters. The highest BCUT2D eigenvalue weighted by Gasteiger charge is 2.33. The largest absolute Gasteiger partial charge is 0.481 e. The number of aromatic nitrogens is 2. The van der Waals surface area contributed by atoms with E-state index in [1.807, 2.05) is 45.0 Å². The van der Waals surface area contributed by atoms with Crippen LogP contribution in [0.2, 0.25) is 0 Å². The summed E-state index contributed by atoms with van der Waals surface area (Å²) < 4.78 is 16.4. The first-order valence-electron chi connectivity index (χ1n) is 13.6. The summed E-state index contributed by atoms with van der Waals surface area (Å²) in [5, 5.41) is 9.15. The van der Waals surface area contributed by atoms with Crippen LogP contribution in [-0.2, 0) is 20.7 Å². The van der Waals surface area contributed by atoms with Gasteiger partial charge in [0.25, 0.3) is 0 Å². The molecule has 42 heavy (non-hydrogen) atoms. The number of fused-ring (bicyclic) bond motifs is 2. The van der Waals surface area contributed by atoms with Gasteiger partial charge in [-0.1, -0.05) is 0 Å². The molecule has 2 aliphatic rings. The molecule has 0 radical (unpaired) electrons. The van der Waals surface area contributed by atoms with Crippen molar-refractivity contribution in [1.82, 2.24) is 20.6 Å². The van der Waals surface area contributed by atoms with E-state index in [0.29, 0.717) is 54.6 Å². The Morgan fingerprint density at radius 3 is 2.86 bits per heavy atom. The Morgan fingerprint density at radius 2 is 2.07 bits per heavy atom. The van der Waals surface area contributed by atoms with Crippen LogP contribution in [0.4, 0.5) is 21.0 Å². The number of pyridine rings is 2. The molecule has 0 spiro atoms. The van der Waals surface area contributed by atoms with Gasteiger partial charge in [-0.15, -0.1) is 11.8 Å². The highest BCUT2D eigenvalue weighted by atomic mass is 32.2. The second kappa shape index (κ2) is 12.4. The third-order valence-electron chi connectivity index (χ3n) is 6.58. The molecule has 13 heteroatoms. The maximum Gasteiger partial charge on any atom is 0.414 e. The summed E-state index contributed by atoms with van der Waals surface area (Å²) in [5.74, 6) is 0.775. The van der Waals surface area contributed by atoms with Crippen molar-refractivity contribution in [2.24, 2.45) is 0 Å². The fraction of sp³-hybridized carbons (Fsp3) is 0.414. The molecular formula is C29H34N6O6S. The van der Waals surface area contributed by atoms with Crippen molar-refractivity contribution in [3.05, 3.63) is 48.2 Å². The lowest BCUT2D eigenvalue weighted by Crippen LogP contribution is -2.47. The van der Waals surface area contributed by atoms with Gasteiger partial charge in [0.2, 0.25) is 11.8 Å². The minimum atomic E-state index is -0.653. The number of hydrogen-bond acceptors (Lipinski definition) is 10. The molecule has 0 saturated carbocycles. The highest BCUT2D eigenvalue weighted by molar-refractivity contribution is 8.00. The number of carbonyl (C=O) groups is 3. The van der Waals surface area contributed by atoms with E-state index in [9.17, 15) is 14.4 Å². The Hall–Kier alpha value is -4.10. The smallest absolute Gasteiger partial charge is 0.414 e. The maximum atomic E-state index is 12.7. The number of ether oxygens (including phenoxy) is 3. The molecule has 0 bridgehead atoms. The molecule has 1 fully saturated rings. The number of anilines is 2. The summed E-state index contributed by atoms with van der Waals surface area (Å²) in [5.41, 5.74) is 2.98. The predicted molar refractivity (Wildman–Crippen MR) is 159 cm³/mol. The zero-order valence-electron chi connectivity index (χ0n) is 23.9. The summed E-state index contributed by atoms with van der Waals surface area (Å²) in [6.07, 6.45) is 0.757. The van der Waals surface area contributed by atoms with Gasteiger partial charge in [0, 0.05) is 42.0 Å². The second-order valence-corrected chi connectivity index (χ2v) is 12.0. The number of rotatable bonds is 9. The second-order valence-electron chi connectivity index (χ2n) is 11.0. The van der Waals surface area contributed by atoms with E-state index in [1.165, 1.54) is 11.8 Å². The Labute approximate surface area is 247 Å². The monoisotopic (exact) mass is 594 g/mol. The fourth-order valence-corrected chi connectivity index (χ4v) is 5.54. The van der Waals surface area contributed by atoms with Gasteiger partial charge < -0.3 is 30.2 Å². The van der Waals surface area contributed by atoms with E-state index in [4.69, 9.17) is 14.2 Å². The van der Waals surface area contributed by atoms with Crippen molar-refractivity contribution in [1.29, 1.82) is 0 Å². The van der Waals surface area contributed by atoms with Crippen LogP contribution in [0.25, 0.3) is 11.0 Å². The Morgan fingerprint density at radius 1 is 1.24 bits per heavy atom. The molecule has 1 saturated heterocycles. The van der Waals surface area contributed by atoms with Gasteiger partial charge in [-0.3, -0.25) is 14.7 Å². The van der Waals surface area contributed by atoms with Crippen LogP contribution in [-0.4, -0.2) is 78.3 Å². The molecule has 3 N–H and O–H groups in total. The van der Waals surface area contributed by atoms with Crippen molar-refractivity contribution in [2.45, 2.75) is 49.8 Å². The number of nitrogens with zero attached hydrogens (tertiary/aromatic N) is 3. The lowest BCUT2D eigenvalue weighted by Gasteiger charge is -2.24. The first-order valence-corrected chi connectivity index (χ1v) is 14.6. The molecule has 1 aromatic carbocycles. The number of carbonyl (C=O) groups excluding carboxylic acids is 3. The number of thioether (sulfide) groups is 1. The highest BCUT2D eigenvalue weighted by Crippen LogP contribution is 2.35. The summed E-state index contributed by atoms with van der Waals surface area (Å²) in [4.78, 5) is 48.7. The molecule has 3 aromatic rings. The van der Waals surface area contributed by atoms with Gasteiger partial charge >= 0.3 is 12.2 Å². The fourth-order valence-electron chi connectivity index (χ4n) is 4.75. The van der Waals surface area contributed by atoms with Crippen LogP contribution >= 0.6 is 11.8 Å². The third kappa shape index (κ3) is 7.21. The van der Waals surface area contributed by atoms with Crippen molar-refractivity contribution in [2.75, 3.05) is 42.7 Å². The molecule has 5 rings (SSSR count). The van der Waals surface area contributed by atoms with Gasteiger partial charge in [0.1, 0.15) is 11.7 Å². The van der Waals surface area contributed by atoms with E-state index in [2.05, 4.69) is 25.9 Å². The number of methoxy groups -OCH3 is 1. The number of benzene rings is 1. The van der Waals surface area contributed by atoms with Crippen LogP contribution in [0.5, 0.6) is 5.88 Å². The number of nitrogens with one attached hydrogen (secondary N) is 3. The lowest BCUT2D eigenvalue weighted by molar-refractivity contribution is -0.113. The van der Waals surface area contributed by atoms with Crippen LogP contribution < -0.4 is 25.6 Å². The van der Waals surface area contributed by atoms with Gasteiger partial charge in [-0.2, -0.15) is 0 Å². The average molecular weight is 595 g/mol. The predicted octanol–water partition coefficient (Wildman–Crippen LogP) is 3.73. The zero-order valence-corrected chi connectivity index (χ0v) is 24.7. The van der Waals surface area contributed by atoms with Gasteiger partial charge in [0.05, 0.1) is 36.1 Å². The number of hydrogen-bond donors (Lipinski definition) is 3. The minimum Gasteiger partial charge on any atom is -0.481 e. The molecule has 12 nitrogen and oxygen atoms in total. The van der Waals surface area contributed by atoms with E-state index in [1.54, 1.807) is 30.3 Å². The van der Waals surface area contributed by atoms with Crippen molar-refractivity contribution in [3.63, 3.8) is 0 Å². The van der Waals surface area contributed by atoms with E-state index in [-0.39, 0.29) is 11.9 Å². The first-order chi connectivity index (χ1) is 20.1. The Balaban J connectivity index is 1.24. The van der Waals surface area contributed by atoms with Crippen molar-refractivity contribution in [3.8, 4) is 5.88 Å². The molecule has 222 valence electrons. The molecule has 3 amide bonds. The standard InChI is InChI=1S/C29H34N6O6S/c1-29(2,3)41-27(37)32-18(11-17-9-10-31-21-6-8-25(39-4)34-26(17)21)13-30-14-20-15-35(28(38)40-20)19-5-7-23-22(12-19)33-24(36)16-42-23/h5-10,12,18,20,30H,11,13-16H2,1-4H3,(H,32,37)(H,33,36). The molecule has 2 aliphatic heterocycles. The molecule has 2 unspecified atom stereocenters. The topological polar surface area (TPSA) is 144 Å². The number of amides is 3. The molecular weight excluding hydrogens is 560 g/mol. The van der Waals surface area contributed by atoms with Crippen LogP contribution in [0, 0.1) is 0 Å². The number of cyclic esters (lactones) is 1. The average Bonchev–Trinajstić information content (AvgIpc) is 3.31. The zero-order chi connectivity index (χ0) is 29.9.